The molecule has 0 saturated heterocycles. The van der Waals surface area contributed by atoms with Crippen molar-refractivity contribution in [1.82, 2.24) is 15.5 Å². The van der Waals surface area contributed by atoms with Gasteiger partial charge < -0.3 is 15.5 Å². The number of nitrogens with one attached hydrogen (secondary N) is 2. The summed E-state index contributed by atoms with van der Waals surface area (Å²) in [6, 6.07) is 4.93. The lowest BCUT2D eigenvalue weighted by molar-refractivity contribution is 0.399. The molecule has 0 fully saturated rings. The second kappa shape index (κ2) is 11.6. The number of hydrogen-bond donors (Lipinski definition) is 2. The number of guanidine groups is 1. The van der Waals surface area contributed by atoms with Crippen LogP contribution >= 0.6 is 24.0 Å². The van der Waals surface area contributed by atoms with Gasteiger partial charge in [0.05, 0.1) is 0 Å². The molecule has 0 amide bonds. The largest absolute Gasteiger partial charge is 0.356 e. The van der Waals surface area contributed by atoms with Crippen molar-refractivity contribution < 1.29 is 4.39 Å². The highest BCUT2D eigenvalue weighted by Gasteiger charge is 2.01. The molecular formula is C16H28FIN4. The lowest BCUT2D eigenvalue weighted by Crippen LogP contribution is -2.39. The maximum absolute atomic E-state index is 13.0. The number of halogens is 2. The van der Waals surface area contributed by atoms with Crippen molar-refractivity contribution in [2.24, 2.45) is 4.99 Å². The molecule has 2 N–H and O–H groups in total. The molecule has 0 spiro atoms. The SMILES string of the molecule is CN=C(NCCCN(C)C)NCCc1ccc(F)cc1C.I. The van der Waals surface area contributed by atoms with Gasteiger partial charge in [-0.15, -0.1) is 24.0 Å². The first kappa shape index (κ1) is 21.1. The van der Waals surface area contributed by atoms with Crippen LogP contribution in [0.4, 0.5) is 4.39 Å². The van der Waals surface area contributed by atoms with Crippen molar-refractivity contribution in [2.45, 2.75) is 19.8 Å². The molecule has 0 aliphatic carbocycles. The van der Waals surface area contributed by atoms with Gasteiger partial charge in [-0.2, -0.15) is 0 Å². The van der Waals surface area contributed by atoms with Gasteiger partial charge in [-0.3, -0.25) is 4.99 Å². The van der Waals surface area contributed by atoms with Crippen molar-refractivity contribution in [1.29, 1.82) is 0 Å². The number of benzene rings is 1. The van der Waals surface area contributed by atoms with Crippen LogP contribution in [0.25, 0.3) is 0 Å². The Morgan fingerprint density at radius 3 is 2.50 bits per heavy atom. The molecule has 0 heterocycles. The lowest BCUT2D eigenvalue weighted by atomic mass is 10.1. The van der Waals surface area contributed by atoms with Crippen molar-refractivity contribution in [3.63, 3.8) is 0 Å². The van der Waals surface area contributed by atoms with E-state index in [4.69, 9.17) is 0 Å². The molecule has 0 bridgehead atoms. The van der Waals surface area contributed by atoms with Crippen LogP contribution in [0.1, 0.15) is 17.5 Å². The third kappa shape index (κ3) is 8.53. The first-order chi connectivity index (χ1) is 10.0. The van der Waals surface area contributed by atoms with Crippen molar-refractivity contribution in [3.05, 3.63) is 35.1 Å². The summed E-state index contributed by atoms with van der Waals surface area (Å²) in [5.41, 5.74) is 2.15. The summed E-state index contributed by atoms with van der Waals surface area (Å²) < 4.78 is 13.0. The van der Waals surface area contributed by atoms with Crippen LogP contribution in [0, 0.1) is 12.7 Å². The van der Waals surface area contributed by atoms with E-state index < -0.39 is 0 Å². The Kier molecular flexibility index (Phi) is 11.2. The van der Waals surface area contributed by atoms with Gasteiger partial charge in [0, 0.05) is 20.1 Å². The Morgan fingerprint density at radius 2 is 1.91 bits per heavy atom. The van der Waals surface area contributed by atoms with Gasteiger partial charge in [0.1, 0.15) is 5.82 Å². The Labute approximate surface area is 150 Å². The number of aliphatic imine (C=N–C) groups is 1. The van der Waals surface area contributed by atoms with E-state index in [9.17, 15) is 4.39 Å². The predicted molar refractivity (Wildman–Crippen MR) is 103 cm³/mol. The maximum Gasteiger partial charge on any atom is 0.190 e. The van der Waals surface area contributed by atoms with Crippen LogP contribution in [-0.4, -0.2) is 51.6 Å². The number of nitrogens with zero attached hydrogens (tertiary/aromatic N) is 2. The highest BCUT2D eigenvalue weighted by Crippen LogP contribution is 2.10. The molecule has 1 aromatic carbocycles. The van der Waals surface area contributed by atoms with Gasteiger partial charge in [0.2, 0.25) is 0 Å². The Morgan fingerprint density at radius 1 is 1.23 bits per heavy atom. The maximum atomic E-state index is 13.0. The third-order valence-electron chi connectivity index (χ3n) is 3.29. The van der Waals surface area contributed by atoms with Crippen LogP contribution in [0.3, 0.4) is 0 Å². The minimum atomic E-state index is -0.178. The second-order valence-corrected chi connectivity index (χ2v) is 5.40. The minimum absolute atomic E-state index is 0. The number of rotatable bonds is 7. The van der Waals surface area contributed by atoms with Crippen LogP contribution in [0.2, 0.25) is 0 Å². The Bertz CT molecular complexity index is 463. The molecule has 1 aromatic rings. The molecule has 0 saturated carbocycles. The van der Waals surface area contributed by atoms with E-state index >= 15 is 0 Å². The van der Waals surface area contributed by atoms with Gasteiger partial charge in [0.25, 0.3) is 0 Å². The lowest BCUT2D eigenvalue weighted by Gasteiger charge is -2.14. The topological polar surface area (TPSA) is 39.7 Å². The molecule has 126 valence electrons. The van der Waals surface area contributed by atoms with Crippen molar-refractivity contribution in [2.75, 3.05) is 40.8 Å². The van der Waals surface area contributed by atoms with Gasteiger partial charge in [0.15, 0.2) is 5.96 Å². The molecule has 0 aliphatic heterocycles. The zero-order valence-corrected chi connectivity index (χ0v) is 16.3. The summed E-state index contributed by atoms with van der Waals surface area (Å²) >= 11 is 0. The number of aryl methyl sites for hydroxylation is 1. The van der Waals surface area contributed by atoms with Crippen molar-refractivity contribution in [3.8, 4) is 0 Å². The summed E-state index contributed by atoms with van der Waals surface area (Å²) in [7, 11) is 5.90. The first-order valence-electron chi connectivity index (χ1n) is 7.37. The standard InChI is InChI=1S/C16H27FN4.HI/c1-13-12-15(17)7-6-14(13)8-10-20-16(18-2)19-9-5-11-21(3)4;/h6-7,12H,5,8-11H2,1-4H3,(H2,18,19,20);1H. The molecular weight excluding hydrogens is 394 g/mol. The van der Waals surface area contributed by atoms with Crippen LogP contribution < -0.4 is 10.6 Å². The Hall–Kier alpha value is -0.890. The zero-order valence-electron chi connectivity index (χ0n) is 13.9. The predicted octanol–water partition coefficient (Wildman–Crippen LogP) is 2.41. The summed E-state index contributed by atoms with van der Waals surface area (Å²) in [5, 5.41) is 6.57. The zero-order chi connectivity index (χ0) is 15.7. The van der Waals surface area contributed by atoms with E-state index in [0.29, 0.717) is 0 Å². The minimum Gasteiger partial charge on any atom is -0.356 e. The van der Waals surface area contributed by atoms with E-state index in [2.05, 4.69) is 34.6 Å². The fourth-order valence-corrected chi connectivity index (χ4v) is 2.08. The monoisotopic (exact) mass is 422 g/mol. The molecule has 0 atom stereocenters. The average molecular weight is 422 g/mol. The third-order valence-corrected chi connectivity index (χ3v) is 3.29. The Balaban J connectivity index is 0.00000441. The summed E-state index contributed by atoms with van der Waals surface area (Å²) in [4.78, 5) is 6.36. The van der Waals surface area contributed by atoms with Crippen LogP contribution in [0.15, 0.2) is 23.2 Å². The molecule has 4 nitrogen and oxygen atoms in total. The van der Waals surface area contributed by atoms with Gasteiger partial charge >= 0.3 is 0 Å². The summed E-state index contributed by atoms with van der Waals surface area (Å²) in [6.45, 7) is 4.67. The highest BCUT2D eigenvalue weighted by molar-refractivity contribution is 14.0. The molecule has 0 aromatic heterocycles. The van der Waals surface area contributed by atoms with E-state index in [1.165, 1.54) is 6.07 Å². The molecule has 0 radical (unpaired) electrons. The first-order valence-corrected chi connectivity index (χ1v) is 7.37. The van der Waals surface area contributed by atoms with E-state index in [-0.39, 0.29) is 29.8 Å². The fourth-order valence-electron chi connectivity index (χ4n) is 2.08. The van der Waals surface area contributed by atoms with Gasteiger partial charge in [-0.05, 0) is 63.7 Å². The van der Waals surface area contributed by atoms with Crippen molar-refractivity contribution >= 4 is 29.9 Å². The molecule has 0 unspecified atom stereocenters. The van der Waals surface area contributed by atoms with E-state index in [1.807, 2.05) is 13.0 Å². The van der Waals surface area contributed by atoms with E-state index in [1.54, 1.807) is 13.1 Å². The quantitative estimate of drug-likeness (QED) is 0.307. The normalized spacial score (nSPS) is 11.3. The smallest absolute Gasteiger partial charge is 0.190 e. The molecule has 6 heteroatoms. The van der Waals surface area contributed by atoms with Gasteiger partial charge in [-0.25, -0.2) is 4.39 Å². The average Bonchev–Trinajstić information content (AvgIpc) is 2.43. The highest BCUT2D eigenvalue weighted by atomic mass is 127. The second-order valence-electron chi connectivity index (χ2n) is 5.40. The van der Waals surface area contributed by atoms with E-state index in [0.717, 1.165) is 49.6 Å². The summed E-state index contributed by atoms with van der Waals surface area (Å²) in [6.07, 6.45) is 1.93. The molecule has 1 rings (SSSR count). The van der Waals surface area contributed by atoms with Gasteiger partial charge in [-0.1, -0.05) is 6.07 Å². The fraction of sp³-hybridized carbons (Fsp3) is 0.562. The molecule has 0 aliphatic rings. The number of hydrogen-bond acceptors (Lipinski definition) is 2. The van der Waals surface area contributed by atoms with Crippen LogP contribution in [0.5, 0.6) is 0 Å². The molecule has 22 heavy (non-hydrogen) atoms. The summed E-state index contributed by atoms with van der Waals surface area (Å²) in [5.74, 6) is 0.635. The van der Waals surface area contributed by atoms with Crippen LogP contribution in [-0.2, 0) is 6.42 Å².